The summed E-state index contributed by atoms with van der Waals surface area (Å²) in [6.45, 7) is 2.57. The Hall–Kier alpha value is -2.14. The van der Waals surface area contributed by atoms with Crippen LogP contribution in [0.4, 0.5) is 11.4 Å². The molecule has 0 saturated carbocycles. The lowest BCUT2D eigenvalue weighted by atomic mass is 10.1. The molecule has 2 aromatic carbocycles. The number of hydrogen-bond donors (Lipinski definition) is 1. The van der Waals surface area contributed by atoms with Gasteiger partial charge in [-0.1, -0.05) is 18.2 Å². The molecule has 1 aliphatic rings. The van der Waals surface area contributed by atoms with E-state index in [1.54, 1.807) is 11.8 Å². The van der Waals surface area contributed by atoms with Gasteiger partial charge in [-0.05, 0) is 37.3 Å². The van der Waals surface area contributed by atoms with Crippen molar-refractivity contribution in [2.75, 3.05) is 23.0 Å². The molecular formula is C17H18N2O2S. The highest BCUT2D eigenvalue weighted by Crippen LogP contribution is 2.43. The van der Waals surface area contributed by atoms with Crippen molar-refractivity contribution >= 4 is 29.0 Å². The summed E-state index contributed by atoms with van der Waals surface area (Å²) < 4.78 is 5.45. The SMILES string of the molecule is CCOc1ccc(N2C(=O)CS[C@@H]2c2ccccc2N)cc1. The molecule has 3 rings (SSSR count). The average molecular weight is 314 g/mol. The molecule has 1 aliphatic heterocycles. The van der Waals surface area contributed by atoms with E-state index >= 15 is 0 Å². The second-order valence-electron chi connectivity index (χ2n) is 4.98. The number of thioether (sulfide) groups is 1. The van der Waals surface area contributed by atoms with Gasteiger partial charge in [-0.3, -0.25) is 9.69 Å². The van der Waals surface area contributed by atoms with Gasteiger partial charge in [-0.25, -0.2) is 0 Å². The molecule has 0 radical (unpaired) electrons. The van der Waals surface area contributed by atoms with Crippen molar-refractivity contribution in [3.05, 3.63) is 54.1 Å². The fourth-order valence-corrected chi connectivity index (χ4v) is 3.76. The number of rotatable bonds is 4. The molecule has 1 atom stereocenters. The van der Waals surface area contributed by atoms with Crippen molar-refractivity contribution in [3.63, 3.8) is 0 Å². The molecule has 4 nitrogen and oxygen atoms in total. The lowest BCUT2D eigenvalue weighted by molar-refractivity contribution is -0.115. The molecule has 0 aliphatic carbocycles. The zero-order valence-corrected chi connectivity index (χ0v) is 13.2. The molecular weight excluding hydrogens is 296 g/mol. The minimum Gasteiger partial charge on any atom is -0.494 e. The third kappa shape index (κ3) is 2.76. The van der Waals surface area contributed by atoms with E-state index in [2.05, 4.69) is 0 Å². The number of carbonyl (C=O) groups is 1. The van der Waals surface area contributed by atoms with Crippen molar-refractivity contribution in [1.29, 1.82) is 0 Å². The number of hydrogen-bond acceptors (Lipinski definition) is 4. The molecule has 1 fully saturated rings. The highest BCUT2D eigenvalue weighted by atomic mass is 32.2. The maximum Gasteiger partial charge on any atom is 0.238 e. The topological polar surface area (TPSA) is 55.6 Å². The molecule has 1 saturated heterocycles. The summed E-state index contributed by atoms with van der Waals surface area (Å²) in [5.41, 5.74) is 8.64. The van der Waals surface area contributed by atoms with Gasteiger partial charge in [0.15, 0.2) is 0 Å². The van der Waals surface area contributed by atoms with Gasteiger partial charge >= 0.3 is 0 Å². The van der Waals surface area contributed by atoms with Gasteiger partial charge < -0.3 is 10.5 Å². The maximum atomic E-state index is 12.3. The second kappa shape index (κ2) is 6.32. The van der Waals surface area contributed by atoms with Crippen molar-refractivity contribution in [1.82, 2.24) is 0 Å². The Balaban J connectivity index is 1.92. The van der Waals surface area contributed by atoms with Gasteiger partial charge in [-0.2, -0.15) is 0 Å². The highest BCUT2D eigenvalue weighted by molar-refractivity contribution is 8.00. The Morgan fingerprint density at radius 1 is 1.23 bits per heavy atom. The number of ether oxygens (including phenoxy) is 1. The van der Waals surface area contributed by atoms with Crippen LogP contribution in [0, 0.1) is 0 Å². The van der Waals surface area contributed by atoms with Gasteiger partial charge in [0.25, 0.3) is 0 Å². The maximum absolute atomic E-state index is 12.3. The minimum absolute atomic E-state index is 0.0772. The van der Waals surface area contributed by atoms with E-state index in [0.717, 1.165) is 17.0 Å². The Kier molecular flexibility index (Phi) is 4.24. The molecule has 0 bridgehead atoms. The van der Waals surface area contributed by atoms with E-state index < -0.39 is 0 Å². The van der Waals surface area contributed by atoms with E-state index in [0.29, 0.717) is 18.0 Å². The number of nitrogens with zero attached hydrogens (tertiary/aromatic N) is 1. The summed E-state index contributed by atoms with van der Waals surface area (Å²) in [5.74, 6) is 1.37. The van der Waals surface area contributed by atoms with Crippen LogP contribution in [0.2, 0.25) is 0 Å². The number of nitrogen functional groups attached to an aromatic ring is 1. The zero-order valence-electron chi connectivity index (χ0n) is 12.4. The van der Waals surface area contributed by atoms with Crippen LogP contribution in [0.25, 0.3) is 0 Å². The lowest BCUT2D eigenvalue weighted by Crippen LogP contribution is -2.28. The van der Waals surface area contributed by atoms with Crippen molar-refractivity contribution in [2.24, 2.45) is 0 Å². The van der Waals surface area contributed by atoms with Gasteiger partial charge in [-0.15, -0.1) is 11.8 Å². The molecule has 1 amide bonds. The van der Waals surface area contributed by atoms with Crippen LogP contribution >= 0.6 is 11.8 Å². The van der Waals surface area contributed by atoms with Crippen LogP contribution < -0.4 is 15.4 Å². The smallest absolute Gasteiger partial charge is 0.238 e. The number of benzene rings is 2. The van der Waals surface area contributed by atoms with E-state index in [1.807, 2.05) is 60.4 Å². The Bertz CT molecular complexity index is 673. The van der Waals surface area contributed by atoms with Crippen LogP contribution in [-0.4, -0.2) is 18.3 Å². The zero-order chi connectivity index (χ0) is 15.5. The Morgan fingerprint density at radius 2 is 1.95 bits per heavy atom. The summed E-state index contributed by atoms with van der Waals surface area (Å²) in [4.78, 5) is 14.1. The first-order valence-electron chi connectivity index (χ1n) is 7.21. The third-order valence-electron chi connectivity index (χ3n) is 3.56. The first-order chi connectivity index (χ1) is 10.7. The number of para-hydroxylation sites is 1. The van der Waals surface area contributed by atoms with Crippen LogP contribution in [-0.2, 0) is 4.79 Å². The normalized spacial score (nSPS) is 17.8. The van der Waals surface area contributed by atoms with Gasteiger partial charge in [0.05, 0.1) is 12.4 Å². The lowest BCUT2D eigenvalue weighted by Gasteiger charge is -2.25. The van der Waals surface area contributed by atoms with Crippen LogP contribution in [0.5, 0.6) is 5.75 Å². The monoisotopic (exact) mass is 314 g/mol. The number of amides is 1. The molecule has 5 heteroatoms. The van der Waals surface area contributed by atoms with Gasteiger partial charge in [0, 0.05) is 16.9 Å². The van der Waals surface area contributed by atoms with Crippen LogP contribution in [0.3, 0.4) is 0 Å². The molecule has 22 heavy (non-hydrogen) atoms. The average Bonchev–Trinajstić information content (AvgIpc) is 2.90. The van der Waals surface area contributed by atoms with E-state index in [4.69, 9.17) is 10.5 Å². The fraction of sp³-hybridized carbons (Fsp3) is 0.235. The van der Waals surface area contributed by atoms with E-state index in [-0.39, 0.29) is 11.3 Å². The number of anilines is 2. The minimum atomic E-state index is -0.0772. The summed E-state index contributed by atoms with van der Waals surface area (Å²) >= 11 is 1.60. The molecule has 114 valence electrons. The predicted octanol–water partition coefficient (Wildman–Crippen LogP) is 3.45. The fourth-order valence-electron chi connectivity index (χ4n) is 2.54. The van der Waals surface area contributed by atoms with Crippen LogP contribution in [0.1, 0.15) is 17.9 Å². The van der Waals surface area contributed by atoms with Crippen molar-refractivity contribution in [2.45, 2.75) is 12.3 Å². The van der Waals surface area contributed by atoms with Crippen molar-refractivity contribution in [3.8, 4) is 5.75 Å². The third-order valence-corrected chi connectivity index (χ3v) is 4.75. The summed E-state index contributed by atoms with van der Waals surface area (Å²) in [7, 11) is 0. The first-order valence-corrected chi connectivity index (χ1v) is 8.26. The van der Waals surface area contributed by atoms with E-state index in [9.17, 15) is 4.79 Å². The largest absolute Gasteiger partial charge is 0.494 e. The second-order valence-corrected chi connectivity index (χ2v) is 6.05. The molecule has 2 aromatic rings. The standard InChI is InChI=1S/C17H18N2O2S/c1-2-21-13-9-7-12(8-10-13)19-16(20)11-22-17(19)14-5-3-4-6-15(14)18/h3-10,17H,2,11,18H2,1H3/t17-/m1/s1. The Morgan fingerprint density at radius 3 is 2.64 bits per heavy atom. The van der Waals surface area contributed by atoms with Gasteiger partial charge in [0.2, 0.25) is 5.91 Å². The van der Waals surface area contributed by atoms with Crippen molar-refractivity contribution < 1.29 is 9.53 Å². The van der Waals surface area contributed by atoms with E-state index in [1.165, 1.54) is 0 Å². The first kappa shape index (κ1) is 14.8. The molecule has 0 aromatic heterocycles. The number of nitrogens with two attached hydrogens (primary N) is 1. The predicted molar refractivity (Wildman–Crippen MR) is 91.2 cm³/mol. The summed E-state index contributed by atoms with van der Waals surface area (Å²) in [6, 6.07) is 15.3. The Labute approximate surface area is 134 Å². The molecule has 1 heterocycles. The number of carbonyl (C=O) groups excluding carboxylic acids is 1. The molecule has 0 unspecified atom stereocenters. The summed E-state index contributed by atoms with van der Waals surface area (Å²) in [6.07, 6.45) is 0. The highest BCUT2D eigenvalue weighted by Gasteiger charge is 2.34. The molecule has 2 N–H and O–H groups in total. The quantitative estimate of drug-likeness (QED) is 0.878. The van der Waals surface area contributed by atoms with Crippen LogP contribution in [0.15, 0.2) is 48.5 Å². The van der Waals surface area contributed by atoms with Gasteiger partial charge in [0.1, 0.15) is 11.1 Å². The molecule has 0 spiro atoms. The summed E-state index contributed by atoms with van der Waals surface area (Å²) in [5, 5.41) is -0.0772.